The number of ether oxygens (including phenoxy) is 1. The molecule has 9 heterocycles. The molecule has 1 amide bonds. The van der Waals surface area contributed by atoms with Gasteiger partial charge in [0.25, 0.3) is 0 Å². The summed E-state index contributed by atoms with van der Waals surface area (Å²) in [5, 5.41) is 18.8. The molecule has 6 aromatic rings. The molecule has 0 aromatic carbocycles. The first kappa shape index (κ1) is 60.0. The first-order chi connectivity index (χ1) is 36.5. The number of halogens is 3. The molecule has 5 N–H and O–H groups in total. The maximum Gasteiger partial charge on any atom is 0.410 e. The number of amides is 1. The zero-order valence-electron chi connectivity index (χ0n) is 45.6. The van der Waals surface area contributed by atoms with E-state index in [1.54, 1.807) is 40.2 Å². The van der Waals surface area contributed by atoms with Gasteiger partial charge in [0.15, 0.2) is 32.4 Å². The van der Waals surface area contributed by atoms with E-state index in [1.165, 1.54) is 0 Å². The number of aromatic amines is 3. The van der Waals surface area contributed by atoms with Crippen LogP contribution in [0.25, 0.3) is 33.5 Å². The van der Waals surface area contributed by atoms with Crippen molar-refractivity contribution in [1.29, 1.82) is 0 Å². The van der Waals surface area contributed by atoms with Crippen molar-refractivity contribution in [2.24, 2.45) is 0 Å². The number of hydrogen-bond acceptors (Lipinski definition) is 17. The highest BCUT2D eigenvalue weighted by Crippen LogP contribution is 2.35. The fourth-order valence-electron chi connectivity index (χ4n) is 8.96. The molecule has 418 valence electrons. The van der Waals surface area contributed by atoms with Gasteiger partial charge in [-0.05, 0) is 77.5 Å². The second-order valence-electron chi connectivity index (χ2n) is 20.0. The number of nitrogens with zero attached hydrogens (tertiary/aromatic N) is 11. The van der Waals surface area contributed by atoms with Crippen molar-refractivity contribution in [3.05, 3.63) is 33.3 Å². The van der Waals surface area contributed by atoms with Crippen LogP contribution in [-0.2, 0) is 4.74 Å². The van der Waals surface area contributed by atoms with E-state index in [2.05, 4.69) is 101 Å². The van der Waals surface area contributed by atoms with E-state index in [9.17, 15) is 4.79 Å². The number of hydrogen-bond donors (Lipinski definition) is 5. The molecule has 0 radical (unpaired) electrons. The Kier molecular flexibility index (Phi) is 22.5. The summed E-state index contributed by atoms with van der Waals surface area (Å²) in [4.78, 5) is 60.9. The fourth-order valence-corrected chi connectivity index (χ4v) is 12.6. The van der Waals surface area contributed by atoms with Crippen molar-refractivity contribution in [3.63, 3.8) is 0 Å². The number of aliphatic hydroxyl groups excluding tert-OH is 1. The molecule has 0 spiro atoms. The standard InChI is InChI=1S/C20H30ClN5O2S.C17H26ClN5OS.C15H22ClN5S/c1-6-13(7-2)29-18-22-15-12-14(21)17(23-16(15)24-18)25-8-10-26(11-9-25)19(27)28-20(3,4)5;1-3-12(4-2)25-17-19-14-11-13(18)16(20-15(14)21-17)23-7-5-22(6-8-23)9-10-24;1-3-10(4-2)22-15-18-12-9-11(16)14(19-13(12)20-15)21-7-5-17-6-8-21/h12-13H,6-11H2,1-5H3,(H,22,23,24);11-12,24H,3-10H2,1-2H3,(H,19,20,21);9-10,17H,3-8H2,1-2H3,(H,18,19,20). The summed E-state index contributed by atoms with van der Waals surface area (Å²) in [6.07, 6.45) is 6.43. The Morgan fingerprint density at radius 2 is 0.908 bits per heavy atom. The molecular formula is C52H78Cl3N15O3S3. The van der Waals surface area contributed by atoms with E-state index in [4.69, 9.17) is 54.6 Å². The number of rotatable bonds is 17. The quantitative estimate of drug-likeness (QED) is 0.0540. The van der Waals surface area contributed by atoms with E-state index in [0.717, 1.165) is 152 Å². The van der Waals surface area contributed by atoms with Crippen LogP contribution >= 0.6 is 70.1 Å². The van der Waals surface area contributed by atoms with Crippen LogP contribution in [0.4, 0.5) is 22.2 Å². The van der Waals surface area contributed by atoms with E-state index >= 15 is 0 Å². The second-order valence-corrected chi connectivity index (χ2v) is 25.1. The van der Waals surface area contributed by atoms with Crippen LogP contribution < -0.4 is 20.0 Å². The molecule has 3 aliphatic heterocycles. The van der Waals surface area contributed by atoms with Crippen LogP contribution in [0.3, 0.4) is 0 Å². The number of carbonyl (C=O) groups is 1. The lowest BCUT2D eigenvalue weighted by Crippen LogP contribution is -2.50. The molecule has 9 rings (SSSR count). The average molecular weight is 1160 g/mol. The summed E-state index contributed by atoms with van der Waals surface area (Å²) >= 11 is 24.8. The van der Waals surface area contributed by atoms with Crippen LogP contribution in [0.2, 0.25) is 15.1 Å². The van der Waals surface area contributed by atoms with Gasteiger partial charge in [-0.2, -0.15) is 0 Å². The number of carbonyl (C=O) groups excluding carboxylic acids is 1. The lowest BCUT2D eigenvalue weighted by atomic mass is 10.2. The zero-order chi connectivity index (χ0) is 54.5. The maximum absolute atomic E-state index is 12.3. The Morgan fingerprint density at radius 3 is 1.24 bits per heavy atom. The molecule has 3 fully saturated rings. The number of nitrogens with one attached hydrogen (secondary N) is 4. The number of aromatic nitrogens is 9. The molecule has 76 heavy (non-hydrogen) atoms. The minimum atomic E-state index is -0.492. The van der Waals surface area contributed by atoms with Crippen LogP contribution in [0, 0.1) is 0 Å². The Hall–Kier alpha value is -3.67. The summed E-state index contributed by atoms with van der Waals surface area (Å²) in [5.41, 5.74) is 4.32. The highest BCUT2D eigenvalue weighted by Gasteiger charge is 2.28. The first-order valence-corrected chi connectivity index (χ1v) is 30.8. The molecule has 0 bridgehead atoms. The monoisotopic (exact) mass is 1160 g/mol. The SMILES string of the molecule is CCC(CC)Sc1nc2nc(N3CCN(C(=O)OC(C)(C)C)CC3)c(Cl)cc2[nH]1.CCC(CC)Sc1nc2nc(N3CCN(CCO)CC3)c(Cl)cc2[nH]1.CCC(CC)Sc1nc2nc(N3CCNCC3)c(Cl)cc2[nH]1. The first-order valence-electron chi connectivity index (χ1n) is 27.0. The normalized spacial score (nSPS) is 15.8. The molecule has 0 unspecified atom stereocenters. The molecule has 18 nitrogen and oxygen atoms in total. The minimum absolute atomic E-state index is 0.204. The van der Waals surface area contributed by atoms with E-state index < -0.39 is 5.60 Å². The predicted molar refractivity (Wildman–Crippen MR) is 318 cm³/mol. The van der Waals surface area contributed by atoms with Gasteiger partial charge in [-0.15, -0.1) is 0 Å². The maximum atomic E-state index is 12.3. The van der Waals surface area contributed by atoms with Crippen molar-refractivity contribution in [1.82, 2.24) is 60.0 Å². The van der Waals surface area contributed by atoms with Gasteiger partial charge in [0.2, 0.25) is 0 Å². The van der Waals surface area contributed by atoms with E-state index in [0.29, 0.717) is 68.5 Å². The number of thioether (sulfide) groups is 3. The predicted octanol–water partition coefficient (Wildman–Crippen LogP) is 11.3. The summed E-state index contributed by atoms with van der Waals surface area (Å²) in [6.45, 7) is 29.5. The van der Waals surface area contributed by atoms with Gasteiger partial charge in [0, 0.05) is 101 Å². The molecule has 6 aromatic heterocycles. The van der Waals surface area contributed by atoms with Crippen molar-refractivity contribution in [2.75, 3.05) is 106 Å². The average Bonchev–Trinajstić information content (AvgIpc) is 4.13. The third-order valence-electron chi connectivity index (χ3n) is 13.5. The Morgan fingerprint density at radius 1 is 0.566 bits per heavy atom. The third-order valence-corrected chi connectivity index (χ3v) is 18.5. The highest BCUT2D eigenvalue weighted by atomic mass is 35.5. The highest BCUT2D eigenvalue weighted by molar-refractivity contribution is 8.00. The zero-order valence-corrected chi connectivity index (χ0v) is 50.4. The fraction of sp³-hybridized carbons (Fsp3) is 0.635. The lowest BCUT2D eigenvalue weighted by Gasteiger charge is -2.36. The largest absolute Gasteiger partial charge is 0.444 e. The summed E-state index contributed by atoms with van der Waals surface area (Å²) in [5.74, 6) is 2.37. The smallest absolute Gasteiger partial charge is 0.410 e. The number of aliphatic hydroxyl groups is 1. The van der Waals surface area contributed by atoms with Gasteiger partial charge in [-0.3, -0.25) is 4.90 Å². The number of β-amino-alcohol motifs (C(OH)–C–C–N with tert-alkyl or cyclic N) is 1. The molecule has 0 aliphatic carbocycles. The Labute approximate surface area is 476 Å². The third kappa shape index (κ3) is 16.2. The Bertz CT molecular complexity index is 2780. The Balaban J connectivity index is 0.000000167. The van der Waals surface area contributed by atoms with Gasteiger partial charge in [0.1, 0.15) is 23.1 Å². The van der Waals surface area contributed by atoms with E-state index in [1.807, 2.05) is 39.0 Å². The van der Waals surface area contributed by atoms with E-state index in [-0.39, 0.29) is 12.7 Å². The van der Waals surface area contributed by atoms with Gasteiger partial charge >= 0.3 is 6.09 Å². The van der Waals surface area contributed by atoms with Crippen molar-refractivity contribution >= 4 is 127 Å². The molecule has 24 heteroatoms. The topological polar surface area (TPSA) is 199 Å². The summed E-state index contributed by atoms with van der Waals surface area (Å²) < 4.78 is 5.46. The number of piperazine rings is 3. The van der Waals surface area contributed by atoms with Crippen molar-refractivity contribution in [2.45, 2.75) is 138 Å². The molecule has 0 atom stereocenters. The molecule has 0 saturated carbocycles. The molecule has 3 saturated heterocycles. The summed E-state index contributed by atoms with van der Waals surface area (Å²) in [7, 11) is 0. The van der Waals surface area contributed by atoms with Gasteiger partial charge < -0.3 is 49.7 Å². The molecular weight excluding hydrogens is 1090 g/mol. The second kappa shape index (κ2) is 28.5. The van der Waals surface area contributed by atoms with Crippen LogP contribution in [0.1, 0.15) is 101 Å². The number of pyridine rings is 3. The van der Waals surface area contributed by atoms with Crippen LogP contribution in [0.5, 0.6) is 0 Å². The van der Waals surface area contributed by atoms with Crippen LogP contribution in [0.15, 0.2) is 33.7 Å². The van der Waals surface area contributed by atoms with Crippen molar-refractivity contribution in [3.8, 4) is 0 Å². The van der Waals surface area contributed by atoms with Gasteiger partial charge in [-0.25, -0.2) is 34.7 Å². The van der Waals surface area contributed by atoms with Gasteiger partial charge in [0.05, 0.1) is 38.2 Å². The summed E-state index contributed by atoms with van der Waals surface area (Å²) in [6, 6.07) is 5.78. The minimum Gasteiger partial charge on any atom is -0.444 e. The van der Waals surface area contributed by atoms with Crippen molar-refractivity contribution < 1.29 is 14.6 Å². The molecule has 3 aliphatic rings. The number of imidazole rings is 3. The van der Waals surface area contributed by atoms with Gasteiger partial charge in [-0.1, -0.05) is 112 Å². The van der Waals surface area contributed by atoms with Crippen LogP contribution in [-0.4, -0.2) is 179 Å². The number of anilines is 3. The number of fused-ring (bicyclic) bond motifs is 3. The lowest BCUT2D eigenvalue weighted by molar-refractivity contribution is 0.0240. The number of H-pyrrole nitrogens is 3.